The summed E-state index contributed by atoms with van der Waals surface area (Å²) >= 11 is 0. The minimum absolute atomic E-state index is 0.181. The van der Waals surface area contributed by atoms with E-state index in [0.717, 1.165) is 25.9 Å². The molecule has 1 fully saturated rings. The largest absolute Gasteiger partial charge is 0.407 e. The first-order valence-electron chi connectivity index (χ1n) is 6.33. The lowest BCUT2D eigenvalue weighted by atomic mass is 10.1. The number of carbonyl (C=O) groups excluding carboxylic acids is 1. The topological polar surface area (TPSA) is 97.3 Å². The van der Waals surface area contributed by atoms with E-state index in [4.69, 9.17) is 10.2 Å². The number of nitrogens with two attached hydrogens (primary N) is 1. The minimum Gasteiger partial charge on any atom is -0.407 e. The molecule has 1 aliphatic heterocycles. The molecule has 100 valence electrons. The number of carbonyl (C=O) groups is 1. The highest BCUT2D eigenvalue weighted by Gasteiger charge is 2.16. The van der Waals surface area contributed by atoms with Gasteiger partial charge in [-0.2, -0.15) is 0 Å². The highest BCUT2D eigenvalue weighted by molar-refractivity contribution is 5.76. The number of anilines is 1. The second kappa shape index (κ2) is 6.34. The quantitative estimate of drug-likeness (QED) is 0.785. The Morgan fingerprint density at radius 3 is 2.78 bits per heavy atom. The van der Waals surface area contributed by atoms with E-state index in [9.17, 15) is 4.79 Å². The lowest BCUT2D eigenvalue weighted by molar-refractivity contribution is -0.131. The van der Waals surface area contributed by atoms with Gasteiger partial charge < -0.3 is 20.4 Å². The van der Waals surface area contributed by atoms with E-state index in [-0.39, 0.29) is 12.5 Å². The number of amides is 1. The molecule has 0 bridgehead atoms. The number of hydrogen-bond acceptors (Lipinski definition) is 6. The van der Waals surface area contributed by atoms with E-state index in [1.165, 1.54) is 6.42 Å². The van der Waals surface area contributed by atoms with Crippen molar-refractivity contribution in [2.24, 2.45) is 5.73 Å². The summed E-state index contributed by atoms with van der Waals surface area (Å²) in [5.41, 5.74) is 5.35. The summed E-state index contributed by atoms with van der Waals surface area (Å²) < 4.78 is 5.18. The average molecular weight is 253 g/mol. The van der Waals surface area contributed by atoms with Gasteiger partial charge in [0, 0.05) is 26.1 Å². The number of nitrogens with zero attached hydrogens (tertiary/aromatic N) is 3. The zero-order valence-corrected chi connectivity index (χ0v) is 10.4. The smallest absolute Gasteiger partial charge is 0.315 e. The molecule has 3 N–H and O–H groups in total. The first-order valence-corrected chi connectivity index (χ1v) is 6.33. The molecule has 2 rings (SSSR count). The number of hydrogen-bond donors (Lipinski definition) is 2. The van der Waals surface area contributed by atoms with E-state index >= 15 is 0 Å². The molecule has 18 heavy (non-hydrogen) atoms. The molecule has 1 saturated heterocycles. The first-order chi connectivity index (χ1) is 8.79. The summed E-state index contributed by atoms with van der Waals surface area (Å²) in [6.07, 6.45) is 3.90. The van der Waals surface area contributed by atoms with Gasteiger partial charge in [-0.15, -0.1) is 5.10 Å². The normalized spacial score (nSPS) is 15.7. The van der Waals surface area contributed by atoms with Gasteiger partial charge in [0.1, 0.15) is 0 Å². The Labute approximate surface area is 106 Å². The highest BCUT2D eigenvalue weighted by Crippen LogP contribution is 2.10. The number of piperidine rings is 1. The monoisotopic (exact) mass is 253 g/mol. The van der Waals surface area contributed by atoms with Gasteiger partial charge in [0.25, 0.3) is 0 Å². The second-order valence-electron chi connectivity index (χ2n) is 4.32. The fourth-order valence-corrected chi connectivity index (χ4v) is 1.99. The van der Waals surface area contributed by atoms with Crippen LogP contribution in [0.5, 0.6) is 0 Å². The van der Waals surface area contributed by atoms with Gasteiger partial charge in [-0.3, -0.25) is 4.79 Å². The summed E-state index contributed by atoms with van der Waals surface area (Å²) in [6, 6.07) is 0.321. The Balaban J connectivity index is 1.69. The standard InChI is InChI=1S/C11H19N5O2/c12-8-9-14-15-11(18-9)13-5-4-10(17)16-6-2-1-3-7-16/h1-8,12H2,(H,13,15). The van der Waals surface area contributed by atoms with E-state index in [1.54, 1.807) is 0 Å². The third kappa shape index (κ3) is 3.43. The third-order valence-electron chi connectivity index (χ3n) is 2.97. The number of aromatic nitrogens is 2. The second-order valence-corrected chi connectivity index (χ2v) is 4.32. The molecule has 0 radical (unpaired) electrons. The molecular formula is C11H19N5O2. The summed E-state index contributed by atoms with van der Waals surface area (Å²) in [7, 11) is 0. The van der Waals surface area contributed by atoms with Crippen LogP contribution in [0.3, 0.4) is 0 Å². The molecule has 7 nitrogen and oxygen atoms in total. The maximum atomic E-state index is 11.8. The third-order valence-corrected chi connectivity index (χ3v) is 2.97. The summed E-state index contributed by atoms with van der Waals surface area (Å²) in [5, 5.41) is 10.4. The number of nitrogens with one attached hydrogen (secondary N) is 1. The zero-order valence-electron chi connectivity index (χ0n) is 10.4. The SMILES string of the molecule is NCc1nnc(NCCC(=O)N2CCCCC2)o1. The maximum Gasteiger partial charge on any atom is 0.315 e. The Morgan fingerprint density at radius 1 is 1.33 bits per heavy atom. The molecule has 0 atom stereocenters. The molecule has 0 aromatic carbocycles. The predicted molar refractivity (Wildman–Crippen MR) is 65.7 cm³/mol. The number of rotatable bonds is 5. The lowest BCUT2D eigenvalue weighted by Crippen LogP contribution is -2.36. The highest BCUT2D eigenvalue weighted by atomic mass is 16.4. The van der Waals surface area contributed by atoms with Crippen molar-refractivity contribution in [1.29, 1.82) is 0 Å². The first kappa shape index (κ1) is 12.8. The molecule has 1 aliphatic rings. The van der Waals surface area contributed by atoms with Crippen LogP contribution in [0.4, 0.5) is 6.01 Å². The molecule has 0 spiro atoms. The van der Waals surface area contributed by atoms with Crippen LogP contribution in [0.15, 0.2) is 4.42 Å². The summed E-state index contributed by atoms with van der Waals surface area (Å²) in [6.45, 7) is 2.50. The molecule has 7 heteroatoms. The van der Waals surface area contributed by atoms with Crippen molar-refractivity contribution < 1.29 is 9.21 Å². The molecule has 1 aromatic rings. The van der Waals surface area contributed by atoms with Gasteiger partial charge in [0.15, 0.2) is 0 Å². The van der Waals surface area contributed by atoms with Crippen molar-refractivity contribution in [1.82, 2.24) is 15.1 Å². The van der Waals surface area contributed by atoms with Crippen LogP contribution in [0, 0.1) is 0 Å². The fourth-order valence-electron chi connectivity index (χ4n) is 1.99. The van der Waals surface area contributed by atoms with Crippen LogP contribution < -0.4 is 11.1 Å². The van der Waals surface area contributed by atoms with Crippen molar-refractivity contribution >= 4 is 11.9 Å². The van der Waals surface area contributed by atoms with Crippen LogP contribution in [-0.2, 0) is 11.3 Å². The molecule has 0 unspecified atom stereocenters. The lowest BCUT2D eigenvalue weighted by Gasteiger charge is -2.26. The van der Waals surface area contributed by atoms with Crippen molar-refractivity contribution in [3.05, 3.63) is 5.89 Å². The van der Waals surface area contributed by atoms with E-state index in [1.807, 2.05) is 4.90 Å². The summed E-state index contributed by atoms with van der Waals surface area (Å²) in [4.78, 5) is 13.8. The van der Waals surface area contributed by atoms with Gasteiger partial charge in [-0.1, -0.05) is 5.10 Å². The fraction of sp³-hybridized carbons (Fsp3) is 0.727. The average Bonchev–Trinajstić information content (AvgIpc) is 2.87. The van der Waals surface area contributed by atoms with E-state index in [0.29, 0.717) is 24.9 Å². The molecule has 0 saturated carbocycles. The Bertz CT molecular complexity index is 387. The van der Waals surface area contributed by atoms with Crippen molar-refractivity contribution in [3.8, 4) is 0 Å². The maximum absolute atomic E-state index is 11.8. The zero-order chi connectivity index (χ0) is 12.8. The van der Waals surface area contributed by atoms with Crippen LogP contribution in [-0.4, -0.2) is 40.6 Å². The van der Waals surface area contributed by atoms with Gasteiger partial charge in [-0.05, 0) is 19.3 Å². The van der Waals surface area contributed by atoms with Crippen LogP contribution >= 0.6 is 0 Å². The Kier molecular flexibility index (Phi) is 4.52. The minimum atomic E-state index is 0.181. The van der Waals surface area contributed by atoms with E-state index < -0.39 is 0 Å². The van der Waals surface area contributed by atoms with Crippen LogP contribution in [0.1, 0.15) is 31.6 Å². The van der Waals surface area contributed by atoms with Crippen LogP contribution in [0.2, 0.25) is 0 Å². The Hall–Kier alpha value is -1.63. The van der Waals surface area contributed by atoms with Gasteiger partial charge in [-0.25, -0.2) is 0 Å². The summed E-state index contributed by atoms with van der Waals surface area (Å²) in [5.74, 6) is 0.570. The molecular weight excluding hydrogens is 234 g/mol. The van der Waals surface area contributed by atoms with Crippen molar-refractivity contribution in [2.75, 3.05) is 25.0 Å². The van der Waals surface area contributed by atoms with Crippen molar-refractivity contribution in [3.63, 3.8) is 0 Å². The molecule has 1 aromatic heterocycles. The molecule has 0 aliphatic carbocycles. The van der Waals surface area contributed by atoms with Gasteiger partial charge in [0.2, 0.25) is 11.8 Å². The Morgan fingerprint density at radius 2 is 2.11 bits per heavy atom. The predicted octanol–water partition coefficient (Wildman–Crippen LogP) is 0.343. The molecule has 2 heterocycles. The van der Waals surface area contributed by atoms with Gasteiger partial charge >= 0.3 is 6.01 Å². The van der Waals surface area contributed by atoms with Gasteiger partial charge in [0.05, 0.1) is 6.54 Å². The van der Waals surface area contributed by atoms with E-state index in [2.05, 4.69) is 15.5 Å². The van der Waals surface area contributed by atoms with Crippen molar-refractivity contribution in [2.45, 2.75) is 32.2 Å². The number of likely N-dealkylation sites (tertiary alicyclic amines) is 1. The molecule has 1 amide bonds. The van der Waals surface area contributed by atoms with Crippen LogP contribution in [0.25, 0.3) is 0 Å².